The van der Waals surface area contributed by atoms with Crippen LogP contribution in [0, 0.1) is 13.8 Å². The number of anilines is 1. The summed E-state index contributed by atoms with van der Waals surface area (Å²) >= 11 is 5.99. The monoisotopic (exact) mass is 510 g/mol. The Morgan fingerprint density at radius 3 is 2.32 bits per heavy atom. The van der Waals surface area contributed by atoms with Crippen molar-refractivity contribution in [2.45, 2.75) is 20.5 Å². The average Bonchev–Trinajstić information content (AvgIpc) is 2.86. The molecule has 0 unspecified atom stereocenters. The Balaban J connectivity index is 1.58. The molecule has 0 atom stereocenters. The van der Waals surface area contributed by atoms with Crippen LogP contribution in [0.3, 0.4) is 0 Å². The zero-order chi connectivity index (χ0) is 26.1. The van der Waals surface area contributed by atoms with Crippen LogP contribution in [0.2, 0.25) is 5.02 Å². The fourth-order valence-electron chi connectivity index (χ4n) is 4.41. The fraction of sp³-hybridized carbons (Fsp3) is 0.100. The van der Waals surface area contributed by atoms with Gasteiger partial charge in [0.1, 0.15) is 17.9 Å². The lowest BCUT2D eigenvalue weighted by molar-refractivity contribution is -0.122. The van der Waals surface area contributed by atoms with E-state index in [0.29, 0.717) is 22.0 Å². The van der Waals surface area contributed by atoms with Crippen LogP contribution in [0.4, 0.5) is 10.5 Å². The number of fused-ring (bicyclic) bond motifs is 1. The van der Waals surface area contributed by atoms with Crippen molar-refractivity contribution in [3.8, 4) is 5.75 Å². The van der Waals surface area contributed by atoms with Crippen LogP contribution >= 0.6 is 11.6 Å². The lowest BCUT2D eigenvalue weighted by Crippen LogP contribution is -2.54. The number of imide groups is 2. The molecule has 1 fully saturated rings. The number of hydrogen-bond donors (Lipinski definition) is 1. The van der Waals surface area contributed by atoms with Gasteiger partial charge in [0.2, 0.25) is 0 Å². The minimum atomic E-state index is -0.783. The molecule has 37 heavy (non-hydrogen) atoms. The molecule has 4 amide bonds. The van der Waals surface area contributed by atoms with Crippen LogP contribution < -0.4 is 15.0 Å². The predicted octanol–water partition coefficient (Wildman–Crippen LogP) is 6.36. The van der Waals surface area contributed by atoms with Crippen molar-refractivity contribution < 1.29 is 19.1 Å². The number of benzene rings is 4. The van der Waals surface area contributed by atoms with Gasteiger partial charge in [0.15, 0.2) is 0 Å². The summed E-state index contributed by atoms with van der Waals surface area (Å²) in [5.74, 6) is -0.959. The van der Waals surface area contributed by atoms with E-state index < -0.39 is 17.8 Å². The molecule has 1 aliphatic rings. The van der Waals surface area contributed by atoms with Crippen LogP contribution in [-0.4, -0.2) is 17.8 Å². The van der Waals surface area contributed by atoms with Gasteiger partial charge in [0, 0.05) is 10.6 Å². The van der Waals surface area contributed by atoms with Gasteiger partial charge in [-0.3, -0.25) is 14.9 Å². The molecule has 0 radical (unpaired) electrons. The first-order valence-electron chi connectivity index (χ1n) is 11.7. The highest BCUT2D eigenvalue weighted by molar-refractivity contribution is 6.39. The molecule has 1 aliphatic heterocycles. The number of hydrogen-bond acceptors (Lipinski definition) is 4. The molecule has 0 aliphatic carbocycles. The van der Waals surface area contributed by atoms with E-state index in [-0.39, 0.29) is 12.2 Å². The van der Waals surface area contributed by atoms with Gasteiger partial charge in [0.25, 0.3) is 11.8 Å². The zero-order valence-corrected chi connectivity index (χ0v) is 21.0. The molecule has 4 aromatic carbocycles. The number of rotatable bonds is 5. The molecule has 0 spiro atoms. The SMILES string of the molecule is Cc1cc(C)cc(N2C(=O)NC(=O)/C(=C\c3c(OCc4ccc(Cl)cc4)ccc4ccccc34)C2=O)c1. The molecule has 0 aromatic heterocycles. The highest BCUT2D eigenvalue weighted by atomic mass is 35.5. The lowest BCUT2D eigenvalue weighted by Gasteiger charge is -2.27. The van der Waals surface area contributed by atoms with E-state index in [1.54, 1.807) is 24.3 Å². The summed E-state index contributed by atoms with van der Waals surface area (Å²) in [5.41, 5.74) is 3.51. The standard InChI is InChI=1S/C30H23ClN2O4/c1-18-13-19(2)15-23(14-18)33-29(35)26(28(34)32-30(33)36)16-25-24-6-4-3-5-21(24)9-12-27(25)37-17-20-7-10-22(31)11-8-20/h3-16H,17H2,1-2H3,(H,32,34,36)/b26-16+. The quantitative estimate of drug-likeness (QED) is 0.250. The number of carbonyl (C=O) groups excluding carboxylic acids is 3. The molecule has 4 aromatic rings. The third-order valence-electron chi connectivity index (χ3n) is 6.09. The third kappa shape index (κ3) is 4.97. The van der Waals surface area contributed by atoms with Gasteiger partial charge in [-0.25, -0.2) is 9.69 Å². The number of barbiturate groups is 1. The molecule has 0 saturated carbocycles. The number of nitrogens with one attached hydrogen (secondary N) is 1. The summed E-state index contributed by atoms with van der Waals surface area (Å²) in [6.45, 7) is 4.02. The van der Waals surface area contributed by atoms with Crippen molar-refractivity contribution in [1.82, 2.24) is 5.32 Å². The van der Waals surface area contributed by atoms with Crippen molar-refractivity contribution >= 4 is 52.0 Å². The topological polar surface area (TPSA) is 75.7 Å². The maximum absolute atomic E-state index is 13.6. The van der Waals surface area contributed by atoms with Gasteiger partial charge in [-0.2, -0.15) is 0 Å². The number of halogens is 1. The largest absolute Gasteiger partial charge is 0.488 e. The van der Waals surface area contributed by atoms with Gasteiger partial charge in [-0.05, 0) is 77.7 Å². The second-order valence-electron chi connectivity index (χ2n) is 8.92. The summed E-state index contributed by atoms with van der Waals surface area (Å²) in [6.07, 6.45) is 1.50. The highest BCUT2D eigenvalue weighted by Gasteiger charge is 2.37. The summed E-state index contributed by atoms with van der Waals surface area (Å²) in [6, 6.07) is 23.3. The van der Waals surface area contributed by atoms with Crippen LogP contribution in [0.1, 0.15) is 22.3 Å². The van der Waals surface area contributed by atoms with Gasteiger partial charge < -0.3 is 4.74 Å². The maximum atomic E-state index is 13.6. The first kappa shape index (κ1) is 24.3. The normalized spacial score (nSPS) is 14.8. The Kier molecular flexibility index (Phi) is 6.51. The first-order chi connectivity index (χ1) is 17.8. The predicted molar refractivity (Wildman–Crippen MR) is 145 cm³/mol. The second kappa shape index (κ2) is 9.91. The summed E-state index contributed by atoms with van der Waals surface area (Å²) < 4.78 is 6.14. The molecule has 1 saturated heterocycles. The first-order valence-corrected chi connectivity index (χ1v) is 12.1. The number of aryl methyl sites for hydroxylation is 2. The lowest BCUT2D eigenvalue weighted by atomic mass is 9.99. The molecular formula is C30H23ClN2O4. The highest BCUT2D eigenvalue weighted by Crippen LogP contribution is 2.32. The number of urea groups is 1. The van der Waals surface area contributed by atoms with E-state index in [1.165, 1.54) is 6.08 Å². The Labute approximate surface area is 219 Å². The van der Waals surface area contributed by atoms with Crippen molar-refractivity contribution in [3.63, 3.8) is 0 Å². The molecular weight excluding hydrogens is 488 g/mol. The van der Waals surface area contributed by atoms with E-state index >= 15 is 0 Å². The van der Waals surface area contributed by atoms with E-state index in [9.17, 15) is 14.4 Å². The molecule has 1 N–H and O–H groups in total. The van der Waals surface area contributed by atoms with Crippen LogP contribution in [0.15, 0.2) is 84.4 Å². The number of amides is 4. The van der Waals surface area contributed by atoms with Crippen LogP contribution in [0.5, 0.6) is 5.75 Å². The minimum Gasteiger partial charge on any atom is -0.488 e. The molecule has 5 rings (SSSR count). The molecule has 0 bridgehead atoms. The van der Waals surface area contributed by atoms with Gasteiger partial charge in [0.05, 0.1) is 5.69 Å². The molecule has 7 heteroatoms. The van der Waals surface area contributed by atoms with Crippen molar-refractivity contribution in [3.05, 3.63) is 112 Å². The number of carbonyl (C=O) groups is 3. The minimum absolute atomic E-state index is 0.161. The van der Waals surface area contributed by atoms with Crippen molar-refractivity contribution in [2.75, 3.05) is 4.90 Å². The molecule has 1 heterocycles. The summed E-state index contributed by atoms with van der Waals surface area (Å²) in [5, 5.41) is 4.65. The van der Waals surface area contributed by atoms with E-state index in [2.05, 4.69) is 5.32 Å². The van der Waals surface area contributed by atoms with Gasteiger partial charge in [-0.15, -0.1) is 0 Å². The van der Waals surface area contributed by atoms with E-state index in [1.807, 2.05) is 68.4 Å². The van der Waals surface area contributed by atoms with Crippen molar-refractivity contribution in [1.29, 1.82) is 0 Å². The van der Waals surface area contributed by atoms with Crippen molar-refractivity contribution in [2.24, 2.45) is 0 Å². The van der Waals surface area contributed by atoms with Gasteiger partial charge in [-0.1, -0.05) is 60.1 Å². The average molecular weight is 511 g/mol. The molecule has 6 nitrogen and oxygen atoms in total. The van der Waals surface area contributed by atoms with E-state index in [0.717, 1.165) is 32.4 Å². The Morgan fingerprint density at radius 1 is 0.892 bits per heavy atom. The Hall–Kier alpha value is -4.42. The van der Waals surface area contributed by atoms with Crippen LogP contribution in [0.25, 0.3) is 16.8 Å². The smallest absolute Gasteiger partial charge is 0.335 e. The summed E-state index contributed by atoms with van der Waals surface area (Å²) in [7, 11) is 0. The zero-order valence-electron chi connectivity index (χ0n) is 20.2. The van der Waals surface area contributed by atoms with Crippen LogP contribution in [-0.2, 0) is 16.2 Å². The van der Waals surface area contributed by atoms with E-state index in [4.69, 9.17) is 16.3 Å². The second-order valence-corrected chi connectivity index (χ2v) is 9.35. The number of nitrogens with zero attached hydrogens (tertiary/aromatic N) is 1. The fourth-order valence-corrected chi connectivity index (χ4v) is 4.53. The third-order valence-corrected chi connectivity index (χ3v) is 6.35. The Bertz CT molecular complexity index is 1570. The summed E-state index contributed by atoms with van der Waals surface area (Å²) in [4.78, 5) is 40.1. The Morgan fingerprint density at radius 2 is 1.59 bits per heavy atom. The van der Waals surface area contributed by atoms with Gasteiger partial charge >= 0.3 is 6.03 Å². The maximum Gasteiger partial charge on any atom is 0.335 e. The number of ether oxygens (including phenoxy) is 1. The molecule has 184 valence electrons.